The van der Waals surface area contributed by atoms with E-state index < -0.39 is 0 Å². The number of hydrogen-bond donors (Lipinski definition) is 1. The Kier molecular flexibility index (Phi) is 5.70. The average Bonchev–Trinajstić information content (AvgIpc) is 3.00. The van der Waals surface area contributed by atoms with Gasteiger partial charge >= 0.3 is 0 Å². The lowest BCUT2D eigenvalue weighted by Crippen LogP contribution is -2.42. The smallest absolute Gasteiger partial charge is 0.250 e. The molecule has 0 saturated carbocycles. The summed E-state index contributed by atoms with van der Waals surface area (Å²) in [6.45, 7) is 3.31. The van der Waals surface area contributed by atoms with Crippen LogP contribution in [0, 0.1) is 5.92 Å². The van der Waals surface area contributed by atoms with Gasteiger partial charge in [-0.1, -0.05) is 0 Å². The van der Waals surface area contributed by atoms with Crippen LogP contribution in [0.3, 0.4) is 0 Å². The number of aromatic nitrogens is 2. The number of amides is 2. The molecule has 1 N–H and O–H groups in total. The van der Waals surface area contributed by atoms with E-state index in [4.69, 9.17) is 0 Å². The van der Waals surface area contributed by atoms with Gasteiger partial charge in [0.05, 0.1) is 17.9 Å². The van der Waals surface area contributed by atoms with E-state index >= 15 is 0 Å². The highest BCUT2D eigenvalue weighted by atomic mass is 16.2. The van der Waals surface area contributed by atoms with Crippen LogP contribution < -0.4 is 5.56 Å². The first kappa shape index (κ1) is 18.6. The number of rotatable bonds is 5. The van der Waals surface area contributed by atoms with Crippen LogP contribution in [0.25, 0.3) is 0 Å². The first-order valence-electron chi connectivity index (χ1n) is 9.20. The third-order valence-corrected chi connectivity index (χ3v) is 5.31. The maximum Gasteiger partial charge on any atom is 0.250 e. The second-order valence-corrected chi connectivity index (χ2v) is 7.48. The fourth-order valence-corrected chi connectivity index (χ4v) is 3.74. The van der Waals surface area contributed by atoms with Gasteiger partial charge in [0.15, 0.2) is 0 Å². The van der Waals surface area contributed by atoms with E-state index in [0.29, 0.717) is 32.6 Å². The van der Waals surface area contributed by atoms with E-state index in [1.54, 1.807) is 11.0 Å². The van der Waals surface area contributed by atoms with Gasteiger partial charge in [-0.3, -0.25) is 14.4 Å². The molecule has 2 aliphatic heterocycles. The SMILES string of the molecule is CN(C)CCN1CC(C(=O)N2CCC(c3cc(=O)[nH]cn3)CC2)CC1=O. The van der Waals surface area contributed by atoms with Crippen molar-refractivity contribution >= 4 is 11.8 Å². The van der Waals surface area contributed by atoms with Crippen LogP contribution in [-0.4, -0.2) is 83.3 Å². The molecule has 0 radical (unpaired) electrons. The lowest BCUT2D eigenvalue weighted by atomic mass is 9.92. The molecule has 142 valence electrons. The Labute approximate surface area is 153 Å². The highest BCUT2D eigenvalue weighted by molar-refractivity contribution is 5.89. The first-order chi connectivity index (χ1) is 12.4. The number of likely N-dealkylation sites (tertiary alicyclic amines) is 2. The quantitative estimate of drug-likeness (QED) is 0.790. The van der Waals surface area contributed by atoms with Crippen molar-refractivity contribution in [1.29, 1.82) is 0 Å². The Morgan fingerprint density at radius 1 is 1.31 bits per heavy atom. The third kappa shape index (κ3) is 4.30. The zero-order valence-corrected chi connectivity index (χ0v) is 15.5. The van der Waals surface area contributed by atoms with Crippen molar-refractivity contribution in [3.63, 3.8) is 0 Å². The van der Waals surface area contributed by atoms with Crippen LogP contribution in [0.2, 0.25) is 0 Å². The number of carbonyl (C=O) groups excluding carboxylic acids is 2. The molecule has 26 heavy (non-hydrogen) atoms. The molecule has 1 atom stereocenters. The molecular formula is C18H27N5O3. The number of nitrogens with one attached hydrogen (secondary N) is 1. The molecule has 3 heterocycles. The van der Waals surface area contributed by atoms with Crippen molar-refractivity contribution in [2.75, 3.05) is 46.8 Å². The van der Waals surface area contributed by atoms with Crippen molar-refractivity contribution < 1.29 is 9.59 Å². The van der Waals surface area contributed by atoms with Gasteiger partial charge in [0.2, 0.25) is 11.8 Å². The average molecular weight is 361 g/mol. The minimum Gasteiger partial charge on any atom is -0.342 e. The van der Waals surface area contributed by atoms with Crippen molar-refractivity contribution in [2.45, 2.75) is 25.2 Å². The summed E-state index contributed by atoms with van der Waals surface area (Å²) in [5, 5.41) is 0. The molecule has 1 aromatic heterocycles. The van der Waals surface area contributed by atoms with Crippen LogP contribution in [0.5, 0.6) is 0 Å². The molecule has 0 bridgehead atoms. The Hall–Kier alpha value is -2.22. The fourth-order valence-electron chi connectivity index (χ4n) is 3.74. The molecule has 8 nitrogen and oxygen atoms in total. The third-order valence-electron chi connectivity index (χ3n) is 5.31. The van der Waals surface area contributed by atoms with Crippen LogP contribution in [0.4, 0.5) is 0 Å². The largest absolute Gasteiger partial charge is 0.342 e. The van der Waals surface area contributed by atoms with Crippen molar-refractivity contribution in [3.05, 3.63) is 28.4 Å². The van der Waals surface area contributed by atoms with Gasteiger partial charge in [0, 0.05) is 51.1 Å². The molecule has 3 rings (SSSR count). The molecule has 1 aromatic rings. The van der Waals surface area contributed by atoms with Gasteiger partial charge in [-0.05, 0) is 26.9 Å². The predicted molar refractivity (Wildman–Crippen MR) is 96.7 cm³/mol. The lowest BCUT2D eigenvalue weighted by Gasteiger charge is -2.33. The van der Waals surface area contributed by atoms with E-state index in [1.807, 2.05) is 23.9 Å². The molecule has 2 saturated heterocycles. The van der Waals surface area contributed by atoms with Crippen LogP contribution in [0.1, 0.15) is 30.9 Å². The fraction of sp³-hybridized carbons (Fsp3) is 0.667. The van der Waals surface area contributed by atoms with Gasteiger partial charge in [-0.15, -0.1) is 0 Å². The molecule has 0 spiro atoms. The van der Waals surface area contributed by atoms with E-state index in [9.17, 15) is 14.4 Å². The summed E-state index contributed by atoms with van der Waals surface area (Å²) >= 11 is 0. The summed E-state index contributed by atoms with van der Waals surface area (Å²) in [7, 11) is 3.95. The summed E-state index contributed by atoms with van der Waals surface area (Å²) in [4.78, 5) is 48.9. The minimum atomic E-state index is -0.223. The number of piperidine rings is 1. The number of hydrogen-bond acceptors (Lipinski definition) is 5. The number of H-pyrrole nitrogens is 1. The Morgan fingerprint density at radius 3 is 2.69 bits per heavy atom. The van der Waals surface area contributed by atoms with Crippen LogP contribution >= 0.6 is 0 Å². The van der Waals surface area contributed by atoms with E-state index in [-0.39, 0.29) is 29.2 Å². The Balaban J connectivity index is 1.52. The van der Waals surface area contributed by atoms with Crippen molar-refractivity contribution in [3.8, 4) is 0 Å². The second kappa shape index (κ2) is 7.99. The second-order valence-electron chi connectivity index (χ2n) is 7.48. The summed E-state index contributed by atoms with van der Waals surface area (Å²) < 4.78 is 0. The normalized spacial score (nSPS) is 21.7. The molecule has 0 aliphatic carbocycles. The minimum absolute atomic E-state index is 0.0767. The van der Waals surface area contributed by atoms with Gasteiger partial charge < -0.3 is 19.7 Å². The maximum atomic E-state index is 12.8. The van der Waals surface area contributed by atoms with Crippen molar-refractivity contribution in [1.82, 2.24) is 24.7 Å². The van der Waals surface area contributed by atoms with E-state index in [2.05, 4.69) is 9.97 Å². The molecule has 0 aromatic carbocycles. The topological polar surface area (TPSA) is 89.6 Å². The number of carbonyl (C=O) groups is 2. The van der Waals surface area contributed by atoms with E-state index in [0.717, 1.165) is 25.1 Å². The zero-order valence-electron chi connectivity index (χ0n) is 15.5. The summed E-state index contributed by atoms with van der Waals surface area (Å²) in [5.74, 6) is 0.151. The van der Waals surface area contributed by atoms with Gasteiger partial charge in [-0.25, -0.2) is 4.98 Å². The molecule has 2 amide bonds. The highest BCUT2D eigenvalue weighted by Crippen LogP contribution is 2.28. The maximum absolute atomic E-state index is 12.8. The molecule has 1 unspecified atom stereocenters. The molecule has 2 fully saturated rings. The monoisotopic (exact) mass is 361 g/mol. The standard InChI is InChI=1S/C18H27N5O3/c1-21(2)7-8-23-11-14(9-17(23)25)18(26)22-5-3-13(4-6-22)15-10-16(24)20-12-19-15/h10,12-14H,3-9,11H2,1-2H3,(H,19,20,24). The first-order valence-corrected chi connectivity index (χ1v) is 9.20. The highest BCUT2D eigenvalue weighted by Gasteiger charge is 2.37. The predicted octanol–water partition coefficient (Wildman–Crippen LogP) is -0.114. The molecule has 8 heteroatoms. The molecular weight excluding hydrogens is 334 g/mol. The zero-order chi connectivity index (χ0) is 18.7. The van der Waals surface area contributed by atoms with Gasteiger partial charge in [0.25, 0.3) is 5.56 Å². The van der Waals surface area contributed by atoms with Crippen molar-refractivity contribution in [2.24, 2.45) is 5.92 Å². The summed E-state index contributed by atoms with van der Waals surface area (Å²) in [5.41, 5.74) is 0.655. The summed E-state index contributed by atoms with van der Waals surface area (Å²) in [6.07, 6.45) is 3.35. The van der Waals surface area contributed by atoms with Crippen LogP contribution in [-0.2, 0) is 9.59 Å². The number of likely N-dealkylation sites (N-methyl/N-ethyl adjacent to an activating group) is 1. The van der Waals surface area contributed by atoms with Gasteiger partial charge in [-0.2, -0.15) is 0 Å². The Morgan fingerprint density at radius 2 is 2.04 bits per heavy atom. The lowest BCUT2D eigenvalue weighted by molar-refractivity contribution is -0.136. The van der Waals surface area contributed by atoms with Crippen LogP contribution in [0.15, 0.2) is 17.2 Å². The van der Waals surface area contributed by atoms with E-state index in [1.165, 1.54) is 6.33 Å². The molecule has 2 aliphatic rings. The number of aromatic amines is 1. The Bertz CT molecular complexity index is 709. The number of nitrogens with zero attached hydrogens (tertiary/aromatic N) is 4. The van der Waals surface area contributed by atoms with Gasteiger partial charge in [0.1, 0.15) is 0 Å². The summed E-state index contributed by atoms with van der Waals surface area (Å²) in [6, 6.07) is 1.54.